The summed E-state index contributed by atoms with van der Waals surface area (Å²) in [6.07, 6.45) is 3.09. The fourth-order valence-electron chi connectivity index (χ4n) is 2.50. The zero-order chi connectivity index (χ0) is 13.0. The Bertz CT molecular complexity index is 355. The van der Waals surface area contributed by atoms with Gasteiger partial charge in [-0.15, -0.1) is 0 Å². The fourth-order valence-corrected chi connectivity index (χ4v) is 5.19. The van der Waals surface area contributed by atoms with E-state index in [0.717, 1.165) is 30.8 Å². The predicted molar refractivity (Wildman–Crippen MR) is 75.7 cm³/mol. The summed E-state index contributed by atoms with van der Waals surface area (Å²) in [5, 5.41) is 0. The second-order valence-corrected chi connectivity index (χ2v) is 8.09. The van der Waals surface area contributed by atoms with Crippen molar-refractivity contribution in [1.29, 1.82) is 0 Å². The number of hydrogen-bond donors (Lipinski definition) is 2. The second-order valence-electron chi connectivity index (χ2n) is 5.19. The van der Waals surface area contributed by atoms with Gasteiger partial charge in [-0.05, 0) is 49.1 Å². The minimum absolute atomic E-state index is 0.317. The zero-order valence-electron chi connectivity index (χ0n) is 10.7. The Balaban J connectivity index is 1.84. The van der Waals surface area contributed by atoms with Crippen molar-refractivity contribution in [3.05, 3.63) is 0 Å². The molecule has 0 saturated carbocycles. The van der Waals surface area contributed by atoms with Gasteiger partial charge in [0.1, 0.15) is 0 Å². The van der Waals surface area contributed by atoms with Crippen molar-refractivity contribution in [1.82, 2.24) is 9.03 Å². The highest BCUT2D eigenvalue weighted by Gasteiger charge is 2.29. The van der Waals surface area contributed by atoms with Crippen LogP contribution in [0.1, 0.15) is 19.3 Å². The topological polar surface area (TPSA) is 75.4 Å². The van der Waals surface area contributed by atoms with Gasteiger partial charge >= 0.3 is 0 Å². The van der Waals surface area contributed by atoms with E-state index in [4.69, 9.17) is 5.73 Å². The normalized spacial score (nSPS) is 30.7. The third-order valence-corrected chi connectivity index (χ3v) is 6.51. The molecule has 2 saturated heterocycles. The van der Waals surface area contributed by atoms with E-state index in [2.05, 4.69) is 4.72 Å². The molecular weight excluding hydrogens is 270 g/mol. The van der Waals surface area contributed by atoms with Gasteiger partial charge in [0, 0.05) is 19.6 Å². The average molecular weight is 293 g/mol. The van der Waals surface area contributed by atoms with E-state index >= 15 is 0 Å². The highest BCUT2D eigenvalue weighted by Crippen LogP contribution is 2.23. The number of nitrogens with zero attached hydrogens (tertiary/aromatic N) is 1. The molecule has 2 aliphatic heterocycles. The van der Waals surface area contributed by atoms with Crippen molar-refractivity contribution in [2.75, 3.05) is 37.7 Å². The first-order valence-electron chi connectivity index (χ1n) is 6.64. The van der Waals surface area contributed by atoms with E-state index in [1.165, 1.54) is 0 Å². The van der Waals surface area contributed by atoms with Gasteiger partial charge < -0.3 is 5.73 Å². The van der Waals surface area contributed by atoms with Crippen LogP contribution in [0.3, 0.4) is 0 Å². The lowest BCUT2D eigenvalue weighted by molar-refractivity contribution is 0.268. The third-order valence-electron chi connectivity index (χ3n) is 3.73. The summed E-state index contributed by atoms with van der Waals surface area (Å²) < 4.78 is 28.7. The summed E-state index contributed by atoms with van der Waals surface area (Å²) in [5.41, 5.74) is 5.64. The Morgan fingerprint density at radius 3 is 2.83 bits per heavy atom. The van der Waals surface area contributed by atoms with Gasteiger partial charge in [-0.3, -0.25) is 0 Å². The maximum Gasteiger partial charge on any atom is 0.279 e. The lowest BCUT2D eigenvalue weighted by atomic mass is 10.0. The van der Waals surface area contributed by atoms with Gasteiger partial charge in [0.05, 0.1) is 0 Å². The van der Waals surface area contributed by atoms with Gasteiger partial charge in [-0.2, -0.15) is 24.5 Å². The molecule has 2 rings (SSSR count). The smallest absolute Gasteiger partial charge is 0.279 e. The summed E-state index contributed by atoms with van der Waals surface area (Å²) >= 11 is 1.91. The van der Waals surface area contributed by atoms with Crippen molar-refractivity contribution in [2.24, 2.45) is 17.6 Å². The van der Waals surface area contributed by atoms with Crippen LogP contribution in [0.25, 0.3) is 0 Å². The van der Waals surface area contributed by atoms with Crippen LogP contribution in [0.15, 0.2) is 0 Å². The van der Waals surface area contributed by atoms with Crippen LogP contribution in [0.2, 0.25) is 0 Å². The van der Waals surface area contributed by atoms with E-state index < -0.39 is 10.2 Å². The summed E-state index contributed by atoms with van der Waals surface area (Å²) in [6, 6.07) is 0. The summed E-state index contributed by atoms with van der Waals surface area (Å²) in [6.45, 7) is 2.36. The van der Waals surface area contributed by atoms with Crippen LogP contribution in [0.4, 0.5) is 0 Å². The SMILES string of the molecule is NCC1CCCN(S(=O)(=O)NCC2CCSC2)C1. The molecule has 2 atom stereocenters. The Morgan fingerprint density at radius 1 is 1.33 bits per heavy atom. The molecule has 0 radical (unpaired) electrons. The number of piperidine rings is 1. The molecule has 2 unspecified atom stereocenters. The molecule has 0 aliphatic carbocycles. The number of nitrogens with one attached hydrogen (secondary N) is 1. The maximum atomic E-state index is 12.2. The van der Waals surface area contributed by atoms with E-state index in [0.29, 0.717) is 38.0 Å². The highest BCUT2D eigenvalue weighted by atomic mass is 32.2. The molecule has 2 aliphatic rings. The molecule has 106 valence electrons. The van der Waals surface area contributed by atoms with Crippen LogP contribution < -0.4 is 10.5 Å². The first kappa shape index (κ1) is 14.6. The molecular formula is C11H23N3O2S2. The summed E-state index contributed by atoms with van der Waals surface area (Å²) in [5.74, 6) is 3.05. The van der Waals surface area contributed by atoms with Gasteiger partial charge in [0.25, 0.3) is 10.2 Å². The van der Waals surface area contributed by atoms with Gasteiger partial charge in [-0.1, -0.05) is 0 Å². The van der Waals surface area contributed by atoms with Crippen molar-refractivity contribution in [2.45, 2.75) is 19.3 Å². The monoisotopic (exact) mass is 293 g/mol. The molecule has 0 bridgehead atoms. The van der Waals surface area contributed by atoms with E-state index in [-0.39, 0.29) is 0 Å². The molecule has 2 fully saturated rings. The molecule has 7 heteroatoms. The van der Waals surface area contributed by atoms with Gasteiger partial charge in [0.2, 0.25) is 0 Å². The minimum Gasteiger partial charge on any atom is -0.330 e. The first-order chi connectivity index (χ1) is 8.62. The van der Waals surface area contributed by atoms with E-state index in [1.807, 2.05) is 11.8 Å². The Labute approximate surface area is 114 Å². The van der Waals surface area contributed by atoms with Crippen LogP contribution >= 0.6 is 11.8 Å². The summed E-state index contributed by atoms with van der Waals surface area (Å²) in [7, 11) is -3.30. The number of nitrogens with two attached hydrogens (primary N) is 1. The third kappa shape index (κ3) is 3.84. The fraction of sp³-hybridized carbons (Fsp3) is 1.00. The van der Waals surface area contributed by atoms with Crippen LogP contribution in [-0.4, -0.2) is 50.4 Å². The highest BCUT2D eigenvalue weighted by molar-refractivity contribution is 7.99. The quantitative estimate of drug-likeness (QED) is 0.761. The molecule has 5 nitrogen and oxygen atoms in total. The molecule has 3 N–H and O–H groups in total. The van der Waals surface area contributed by atoms with E-state index in [9.17, 15) is 8.42 Å². The lowest BCUT2D eigenvalue weighted by Crippen LogP contribution is -2.48. The number of rotatable bonds is 5. The number of hydrogen-bond acceptors (Lipinski definition) is 4. The molecule has 0 amide bonds. The lowest BCUT2D eigenvalue weighted by Gasteiger charge is -2.31. The van der Waals surface area contributed by atoms with E-state index in [1.54, 1.807) is 4.31 Å². The Kier molecular flexibility index (Phi) is 5.32. The molecule has 0 aromatic carbocycles. The molecule has 18 heavy (non-hydrogen) atoms. The summed E-state index contributed by atoms with van der Waals surface area (Å²) in [4.78, 5) is 0. The van der Waals surface area contributed by atoms with Crippen molar-refractivity contribution in [3.8, 4) is 0 Å². The van der Waals surface area contributed by atoms with Crippen LogP contribution in [0.5, 0.6) is 0 Å². The van der Waals surface area contributed by atoms with Crippen molar-refractivity contribution >= 4 is 22.0 Å². The van der Waals surface area contributed by atoms with Crippen molar-refractivity contribution < 1.29 is 8.42 Å². The Morgan fingerprint density at radius 2 is 2.17 bits per heavy atom. The second kappa shape index (κ2) is 6.56. The van der Waals surface area contributed by atoms with Crippen LogP contribution in [0, 0.1) is 11.8 Å². The van der Waals surface area contributed by atoms with Gasteiger partial charge in [-0.25, -0.2) is 4.72 Å². The van der Waals surface area contributed by atoms with Crippen LogP contribution in [-0.2, 0) is 10.2 Å². The minimum atomic E-state index is -3.30. The van der Waals surface area contributed by atoms with Gasteiger partial charge in [0.15, 0.2) is 0 Å². The first-order valence-corrected chi connectivity index (χ1v) is 9.24. The molecule has 2 heterocycles. The largest absolute Gasteiger partial charge is 0.330 e. The maximum absolute atomic E-state index is 12.2. The molecule has 0 spiro atoms. The van der Waals surface area contributed by atoms with Crippen molar-refractivity contribution in [3.63, 3.8) is 0 Å². The molecule has 0 aromatic rings. The standard InChI is InChI=1S/C11H23N3O2S2/c12-6-10-2-1-4-14(8-10)18(15,16)13-7-11-3-5-17-9-11/h10-11,13H,1-9,12H2. The zero-order valence-corrected chi connectivity index (χ0v) is 12.3. The molecule has 0 aromatic heterocycles. The average Bonchev–Trinajstić information content (AvgIpc) is 2.90. The Hall–Kier alpha value is 0.180. The predicted octanol–water partition coefficient (Wildman–Crippen LogP) is 0.245. The number of thioether (sulfide) groups is 1.